The lowest BCUT2D eigenvalue weighted by Gasteiger charge is -2.22. The molecule has 0 unspecified atom stereocenters. The fourth-order valence-electron chi connectivity index (χ4n) is 3.63. The van der Waals surface area contributed by atoms with Crippen molar-refractivity contribution in [3.05, 3.63) is 65.5 Å². The number of anilines is 1. The summed E-state index contributed by atoms with van der Waals surface area (Å²) < 4.78 is 0. The van der Waals surface area contributed by atoms with Crippen LogP contribution in [0.3, 0.4) is 0 Å². The molecule has 2 heterocycles. The van der Waals surface area contributed by atoms with Gasteiger partial charge < -0.3 is 11.1 Å². The summed E-state index contributed by atoms with van der Waals surface area (Å²) in [6, 6.07) is 8.51. The minimum absolute atomic E-state index is 0.551. The largest absolute Gasteiger partial charge is 0.397 e. The number of hydrogen-bond acceptors (Lipinski definition) is 6. The van der Waals surface area contributed by atoms with Gasteiger partial charge in [-0.15, -0.1) is 0 Å². The Bertz CT molecular complexity index is 1010. The van der Waals surface area contributed by atoms with Crippen molar-refractivity contribution in [2.24, 2.45) is 0 Å². The van der Waals surface area contributed by atoms with E-state index < -0.39 is 0 Å². The number of nitrogens with two attached hydrogens (primary N) is 1. The van der Waals surface area contributed by atoms with E-state index in [0.29, 0.717) is 11.3 Å². The van der Waals surface area contributed by atoms with E-state index in [2.05, 4.69) is 42.8 Å². The molecule has 0 amide bonds. The van der Waals surface area contributed by atoms with Crippen molar-refractivity contribution < 1.29 is 5.21 Å². The Morgan fingerprint density at radius 2 is 1.73 bits per heavy atom. The molecule has 3 aromatic rings. The lowest BCUT2D eigenvalue weighted by Crippen LogP contribution is -2.10. The van der Waals surface area contributed by atoms with Gasteiger partial charge in [0.15, 0.2) is 5.65 Å². The van der Waals surface area contributed by atoms with Gasteiger partial charge in [-0.2, -0.15) is 0 Å². The predicted molar refractivity (Wildman–Crippen MR) is 125 cm³/mol. The van der Waals surface area contributed by atoms with E-state index >= 15 is 0 Å². The van der Waals surface area contributed by atoms with Crippen LogP contribution < -0.4 is 11.2 Å². The van der Waals surface area contributed by atoms with Crippen molar-refractivity contribution in [3.63, 3.8) is 0 Å². The molecule has 0 aliphatic heterocycles. The molecule has 158 valence electrons. The van der Waals surface area contributed by atoms with Gasteiger partial charge >= 0.3 is 0 Å². The van der Waals surface area contributed by atoms with E-state index in [-0.39, 0.29) is 0 Å². The number of fused-ring (bicyclic) bond motifs is 3. The van der Waals surface area contributed by atoms with E-state index in [1.54, 1.807) is 11.7 Å². The van der Waals surface area contributed by atoms with E-state index in [1.165, 1.54) is 35.5 Å². The van der Waals surface area contributed by atoms with Crippen LogP contribution in [0, 0.1) is 12.3 Å². The first-order chi connectivity index (χ1) is 14.6. The third-order valence-corrected chi connectivity index (χ3v) is 4.96. The number of nitrogen functional groups attached to an aromatic ring is 1. The number of hydrogen-bond donors (Lipinski definition) is 4. The summed E-state index contributed by atoms with van der Waals surface area (Å²) >= 11 is 0. The van der Waals surface area contributed by atoms with Gasteiger partial charge in [0.25, 0.3) is 0 Å². The summed E-state index contributed by atoms with van der Waals surface area (Å²) in [4.78, 5) is 9.33. The van der Waals surface area contributed by atoms with Crippen molar-refractivity contribution in [1.82, 2.24) is 15.4 Å². The number of hydroxylamine groups is 1. The first-order valence-corrected chi connectivity index (χ1v) is 10.3. The molecule has 2 aromatic heterocycles. The Morgan fingerprint density at radius 3 is 2.30 bits per heavy atom. The van der Waals surface area contributed by atoms with Gasteiger partial charge in [0, 0.05) is 28.9 Å². The quantitative estimate of drug-likeness (QED) is 0.354. The second-order valence-corrected chi connectivity index (χ2v) is 6.79. The van der Waals surface area contributed by atoms with Crippen LogP contribution in [0.1, 0.15) is 48.9 Å². The Balaban J connectivity index is 0.000000481. The second kappa shape index (κ2) is 11.1. The van der Waals surface area contributed by atoms with Gasteiger partial charge in [-0.05, 0) is 43.7 Å². The van der Waals surface area contributed by atoms with E-state index in [9.17, 15) is 0 Å². The maximum atomic E-state index is 7.76. The Labute approximate surface area is 178 Å². The average Bonchev–Trinajstić information content (AvgIpc) is 2.80. The van der Waals surface area contributed by atoms with Crippen molar-refractivity contribution in [3.8, 4) is 11.3 Å². The topological polar surface area (TPSA) is 108 Å². The Hall–Kier alpha value is -3.25. The van der Waals surface area contributed by atoms with E-state index in [0.717, 1.165) is 41.5 Å². The smallest absolute Gasteiger partial charge is 0.160 e. The van der Waals surface area contributed by atoms with Crippen molar-refractivity contribution in [2.45, 2.75) is 46.5 Å². The molecule has 0 fully saturated rings. The van der Waals surface area contributed by atoms with Crippen LogP contribution >= 0.6 is 0 Å². The maximum absolute atomic E-state index is 7.76. The minimum atomic E-state index is 0.551. The van der Waals surface area contributed by atoms with Gasteiger partial charge in [-0.1, -0.05) is 50.3 Å². The first-order valence-electron chi connectivity index (χ1n) is 10.3. The number of benzene rings is 1. The number of aryl methyl sites for hydroxylation is 2. The number of nitrogens with one attached hydrogen (secondary N) is 2. The fraction of sp³-hybridized carbons (Fsp3) is 0.292. The van der Waals surface area contributed by atoms with Crippen molar-refractivity contribution in [1.29, 1.82) is 5.41 Å². The molecule has 6 heteroatoms. The molecule has 0 atom stereocenters. The monoisotopic (exact) mass is 405 g/mol. The summed E-state index contributed by atoms with van der Waals surface area (Å²) in [6.45, 7) is 9.21. The molecule has 0 spiro atoms. The zero-order valence-electron chi connectivity index (χ0n) is 18.0. The predicted octanol–water partition coefficient (Wildman–Crippen LogP) is 5.20. The van der Waals surface area contributed by atoms with Crippen LogP contribution in [0.4, 0.5) is 5.69 Å². The highest BCUT2D eigenvalue weighted by Crippen LogP contribution is 2.36. The van der Waals surface area contributed by atoms with Crippen molar-refractivity contribution >= 4 is 22.9 Å². The highest BCUT2D eigenvalue weighted by atomic mass is 16.5. The fourth-order valence-corrected chi connectivity index (χ4v) is 3.63. The molecule has 1 aliphatic carbocycles. The lowest BCUT2D eigenvalue weighted by atomic mass is 9.85. The van der Waals surface area contributed by atoms with Crippen LogP contribution in [-0.2, 0) is 12.8 Å². The third-order valence-electron chi connectivity index (χ3n) is 4.96. The molecule has 1 aromatic carbocycles. The van der Waals surface area contributed by atoms with Gasteiger partial charge in [0.2, 0.25) is 0 Å². The molecule has 0 saturated carbocycles. The molecule has 0 saturated heterocycles. The molecular weight excluding hydrogens is 374 g/mol. The Kier molecular flexibility index (Phi) is 8.50. The zero-order valence-corrected chi connectivity index (χ0v) is 18.0. The normalized spacial score (nSPS) is 11.9. The third kappa shape index (κ3) is 4.83. The molecule has 6 nitrogen and oxygen atoms in total. The van der Waals surface area contributed by atoms with Gasteiger partial charge in [0.05, 0.1) is 17.6 Å². The molecule has 4 rings (SSSR count). The molecular formula is C24H31N5O. The second-order valence-electron chi connectivity index (χ2n) is 6.79. The molecule has 1 aliphatic rings. The molecule has 30 heavy (non-hydrogen) atoms. The standard InChI is InChI=1S/C20H20N4.C2H5NO.C2H6/c1-12-6-8-13(9-7-12)19-15-5-3-2-4-14(15)18-16(10-21)17(22)11-23-20(18)24-19;1-2-3-4;1-2/h6-11,21H,2-5,22H2,1H3;2-4H,1H2;1-2H3. The molecule has 0 bridgehead atoms. The van der Waals surface area contributed by atoms with Gasteiger partial charge in [0.1, 0.15) is 0 Å². The molecule has 5 N–H and O–H groups in total. The van der Waals surface area contributed by atoms with Crippen LogP contribution in [0.5, 0.6) is 0 Å². The van der Waals surface area contributed by atoms with Crippen LogP contribution in [0.25, 0.3) is 22.3 Å². The first kappa shape index (κ1) is 23.0. The minimum Gasteiger partial charge on any atom is -0.397 e. The van der Waals surface area contributed by atoms with Crippen LogP contribution in [0.2, 0.25) is 0 Å². The summed E-state index contributed by atoms with van der Waals surface area (Å²) in [7, 11) is 0. The van der Waals surface area contributed by atoms with Gasteiger partial charge in [-0.25, -0.2) is 9.97 Å². The highest BCUT2D eigenvalue weighted by Gasteiger charge is 2.22. The zero-order chi connectivity index (χ0) is 22.1. The number of rotatable bonds is 3. The number of aromatic nitrogens is 2. The Morgan fingerprint density at radius 1 is 1.13 bits per heavy atom. The van der Waals surface area contributed by atoms with Crippen LogP contribution in [0.15, 0.2) is 43.2 Å². The number of pyridine rings is 2. The summed E-state index contributed by atoms with van der Waals surface area (Å²) in [5, 5.41) is 16.2. The number of nitrogens with zero attached hydrogens (tertiary/aromatic N) is 2. The summed E-state index contributed by atoms with van der Waals surface area (Å²) in [5.74, 6) is 0. The summed E-state index contributed by atoms with van der Waals surface area (Å²) in [6.07, 6.45) is 8.48. The maximum Gasteiger partial charge on any atom is 0.160 e. The summed E-state index contributed by atoms with van der Waals surface area (Å²) in [5.41, 5.74) is 15.7. The SMILES string of the molecule is C=CNO.CC.Cc1ccc(-c2nc3ncc(N)c(C=N)c3c3c2CCCC3)cc1. The van der Waals surface area contributed by atoms with Crippen LogP contribution in [-0.4, -0.2) is 21.4 Å². The molecule has 0 radical (unpaired) electrons. The lowest BCUT2D eigenvalue weighted by molar-refractivity contribution is 0.215. The average molecular weight is 406 g/mol. The van der Waals surface area contributed by atoms with E-state index in [1.807, 2.05) is 13.8 Å². The van der Waals surface area contributed by atoms with Crippen molar-refractivity contribution in [2.75, 3.05) is 5.73 Å². The van der Waals surface area contributed by atoms with Gasteiger partial charge in [-0.3, -0.25) is 10.7 Å². The van der Waals surface area contributed by atoms with E-state index in [4.69, 9.17) is 21.3 Å². The highest BCUT2D eigenvalue weighted by molar-refractivity contribution is 6.03.